The van der Waals surface area contributed by atoms with Crippen LogP contribution in [0.5, 0.6) is 0 Å². The summed E-state index contributed by atoms with van der Waals surface area (Å²) in [5.41, 5.74) is 4.82. The van der Waals surface area contributed by atoms with Crippen molar-refractivity contribution in [1.29, 1.82) is 0 Å². The highest BCUT2D eigenvalue weighted by Gasteiger charge is 2.22. The highest BCUT2D eigenvalue weighted by Crippen LogP contribution is 2.31. The lowest BCUT2D eigenvalue weighted by atomic mass is 10.0. The van der Waals surface area contributed by atoms with Crippen molar-refractivity contribution < 1.29 is 0 Å². The molecule has 0 aliphatic carbocycles. The Hall–Kier alpha value is -1.87. The quantitative estimate of drug-likeness (QED) is 0.922. The highest BCUT2D eigenvalue weighted by molar-refractivity contribution is 5.76. The molecular formula is C17H21N3. The van der Waals surface area contributed by atoms with E-state index in [9.17, 15) is 0 Å². The monoisotopic (exact) mass is 267 g/mol. The molecular weight excluding hydrogens is 246 g/mol. The topological polar surface area (TPSA) is 29.9 Å². The van der Waals surface area contributed by atoms with Crippen molar-refractivity contribution in [1.82, 2.24) is 14.9 Å². The summed E-state index contributed by atoms with van der Waals surface area (Å²) in [5, 5.41) is 3.44. The van der Waals surface area contributed by atoms with E-state index in [0.29, 0.717) is 6.04 Å². The first-order chi connectivity index (χ1) is 9.81. The van der Waals surface area contributed by atoms with Crippen LogP contribution >= 0.6 is 0 Å². The van der Waals surface area contributed by atoms with Gasteiger partial charge < -0.3 is 9.88 Å². The zero-order valence-corrected chi connectivity index (χ0v) is 12.1. The van der Waals surface area contributed by atoms with Crippen LogP contribution in [0.15, 0.2) is 42.7 Å². The van der Waals surface area contributed by atoms with Crippen LogP contribution in [0.4, 0.5) is 0 Å². The van der Waals surface area contributed by atoms with Crippen LogP contribution in [0, 0.1) is 0 Å². The number of hydrogen-bond acceptors (Lipinski definition) is 2. The maximum absolute atomic E-state index is 4.69. The largest absolute Gasteiger partial charge is 0.326 e. The van der Waals surface area contributed by atoms with Gasteiger partial charge >= 0.3 is 0 Å². The molecule has 104 valence electrons. The fourth-order valence-electron chi connectivity index (χ4n) is 2.85. The van der Waals surface area contributed by atoms with Gasteiger partial charge in [0.05, 0.1) is 17.7 Å². The normalized spacial score (nSPS) is 19.5. The summed E-state index contributed by atoms with van der Waals surface area (Å²) in [6, 6.07) is 11.0. The lowest BCUT2D eigenvalue weighted by Gasteiger charge is -2.16. The average molecular weight is 267 g/mol. The second-order valence-electron chi connectivity index (χ2n) is 5.33. The Kier molecular flexibility index (Phi) is 3.70. The molecule has 2 heterocycles. The minimum absolute atomic E-state index is 0.518. The average Bonchev–Trinajstić information content (AvgIpc) is 3.16. The van der Waals surface area contributed by atoms with Gasteiger partial charge in [-0.2, -0.15) is 0 Å². The summed E-state index contributed by atoms with van der Waals surface area (Å²) in [6.45, 7) is 6.39. The van der Waals surface area contributed by atoms with Gasteiger partial charge in [-0.25, -0.2) is 4.98 Å². The van der Waals surface area contributed by atoms with Crippen LogP contribution in [0.3, 0.4) is 0 Å². The third kappa shape index (κ3) is 2.29. The summed E-state index contributed by atoms with van der Waals surface area (Å²) in [5.74, 6) is 0. The molecule has 0 unspecified atom stereocenters. The molecule has 1 N–H and O–H groups in total. The smallest absolute Gasteiger partial charge is 0.0961 e. The van der Waals surface area contributed by atoms with E-state index in [2.05, 4.69) is 54.1 Å². The van der Waals surface area contributed by atoms with E-state index < -0.39 is 0 Å². The second kappa shape index (κ2) is 5.63. The predicted octanol–water partition coefficient (Wildman–Crippen LogP) is 3.51. The van der Waals surface area contributed by atoms with E-state index in [1.165, 1.54) is 23.3 Å². The Morgan fingerprint density at radius 2 is 2.15 bits per heavy atom. The first kappa shape index (κ1) is 13.1. The number of rotatable bonds is 3. The summed E-state index contributed by atoms with van der Waals surface area (Å²) in [6.07, 6.45) is 5.35. The maximum atomic E-state index is 4.69. The Balaban J connectivity index is 2.11. The molecule has 1 fully saturated rings. The zero-order valence-electron chi connectivity index (χ0n) is 12.1. The van der Waals surface area contributed by atoms with Crippen molar-refractivity contribution in [2.45, 2.75) is 26.3 Å². The van der Waals surface area contributed by atoms with Crippen molar-refractivity contribution >= 4 is 5.57 Å². The second-order valence-corrected chi connectivity index (χ2v) is 5.33. The lowest BCUT2D eigenvalue weighted by Crippen LogP contribution is -2.14. The van der Waals surface area contributed by atoms with Crippen molar-refractivity contribution in [2.75, 3.05) is 13.1 Å². The summed E-state index contributed by atoms with van der Waals surface area (Å²) >= 11 is 0. The number of aromatic nitrogens is 2. The molecule has 0 radical (unpaired) electrons. The SMILES string of the molecule is C/C=C(\C)c1c(-c2ccccc2)ncn1[C@@H]1CCNC1. The standard InChI is InChI=1S/C17H21N3/c1-3-13(2)17-16(14-7-5-4-6-8-14)19-12-20(17)15-9-10-18-11-15/h3-8,12,15,18H,9-11H2,1-2H3/b13-3+/t15-/m1/s1. The molecule has 2 aromatic rings. The van der Waals surface area contributed by atoms with Crippen LogP contribution < -0.4 is 5.32 Å². The third-order valence-electron chi connectivity index (χ3n) is 4.08. The summed E-state index contributed by atoms with van der Waals surface area (Å²) < 4.78 is 2.34. The van der Waals surface area contributed by atoms with Crippen LogP contribution in [0.2, 0.25) is 0 Å². The van der Waals surface area contributed by atoms with Gasteiger partial charge in [0.25, 0.3) is 0 Å². The van der Waals surface area contributed by atoms with Crippen LogP contribution in [0.25, 0.3) is 16.8 Å². The number of benzene rings is 1. The predicted molar refractivity (Wildman–Crippen MR) is 83.5 cm³/mol. The Bertz CT molecular complexity index is 604. The Morgan fingerprint density at radius 3 is 2.80 bits per heavy atom. The lowest BCUT2D eigenvalue weighted by molar-refractivity contribution is 0.542. The van der Waals surface area contributed by atoms with Gasteiger partial charge in [-0.1, -0.05) is 36.4 Å². The molecule has 1 aromatic heterocycles. The third-order valence-corrected chi connectivity index (χ3v) is 4.08. The van der Waals surface area contributed by atoms with Gasteiger partial charge in [-0.15, -0.1) is 0 Å². The number of nitrogens with zero attached hydrogens (tertiary/aromatic N) is 2. The first-order valence-electron chi connectivity index (χ1n) is 7.27. The van der Waals surface area contributed by atoms with Gasteiger partial charge in [-0.05, 0) is 32.4 Å². The van der Waals surface area contributed by atoms with E-state index in [4.69, 9.17) is 4.98 Å². The molecule has 0 bridgehead atoms. The molecule has 3 rings (SSSR count). The summed E-state index contributed by atoms with van der Waals surface area (Å²) in [7, 11) is 0. The molecule has 0 spiro atoms. The Morgan fingerprint density at radius 1 is 1.35 bits per heavy atom. The van der Waals surface area contributed by atoms with Gasteiger partial charge in [0, 0.05) is 18.2 Å². The number of nitrogens with one attached hydrogen (secondary N) is 1. The molecule has 0 saturated carbocycles. The fourth-order valence-corrected chi connectivity index (χ4v) is 2.85. The van der Waals surface area contributed by atoms with Crippen molar-refractivity contribution in [3.8, 4) is 11.3 Å². The molecule has 3 nitrogen and oxygen atoms in total. The van der Waals surface area contributed by atoms with Gasteiger partial charge in [0.2, 0.25) is 0 Å². The molecule has 1 aromatic carbocycles. The van der Waals surface area contributed by atoms with Crippen LogP contribution in [-0.4, -0.2) is 22.6 Å². The van der Waals surface area contributed by atoms with E-state index in [1.54, 1.807) is 0 Å². The number of allylic oxidation sites excluding steroid dienone is 2. The highest BCUT2D eigenvalue weighted by atomic mass is 15.1. The molecule has 1 saturated heterocycles. The van der Waals surface area contributed by atoms with Crippen LogP contribution in [-0.2, 0) is 0 Å². The first-order valence-corrected chi connectivity index (χ1v) is 7.27. The van der Waals surface area contributed by atoms with Crippen molar-refractivity contribution in [3.05, 3.63) is 48.4 Å². The van der Waals surface area contributed by atoms with E-state index in [0.717, 1.165) is 18.8 Å². The zero-order chi connectivity index (χ0) is 13.9. The maximum Gasteiger partial charge on any atom is 0.0961 e. The molecule has 1 aliphatic rings. The van der Waals surface area contributed by atoms with E-state index >= 15 is 0 Å². The van der Waals surface area contributed by atoms with Gasteiger partial charge in [0.15, 0.2) is 0 Å². The van der Waals surface area contributed by atoms with Crippen LogP contribution in [0.1, 0.15) is 32.0 Å². The summed E-state index contributed by atoms with van der Waals surface area (Å²) in [4.78, 5) is 4.69. The van der Waals surface area contributed by atoms with Gasteiger partial charge in [-0.3, -0.25) is 0 Å². The fraction of sp³-hybridized carbons (Fsp3) is 0.353. The minimum Gasteiger partial charge on any atom is -0.326 e. The number of imidazole rings is 1. The van der Waals surface area contributed by atoms with Crippen molar-refractivity contribution in [2.24, 2.45) is 0 Å². The van der Waals surface area contributed by atoms with Crippen molar-refractivity contribution in [3.63, 3.8) is 0 Å². The molecule has 3 heteroatoms. The van der Waals surface area contributed by atoms with Gasteiger partial charge in [0.1, 0.15) is 0 Å². The minimum atomic E-state index is 0.518. The van der Waals surface area contributed by atoms with E-state index in [1.807, 2.05) is 12.4 Å². The molecule has 20 heavy (non-hydrogen) atoms. The molecule has 1 aliphatic heterocycles. The Labute approximate surface area is 120 Å². The van der Waals surface area contributed by atoms with E-state index in [-0.39, 0.29) is 0 Å². The molecule has 1 atom stereocenters. The number of hydrogen-bond donors (Lipinski definition) is 1. The molecule has 0 amide bonds.